The average Bonchev–Trinajstić information content (AvgIpc) is 2.62. The van der Waals surface area contributed by atoms with E-state index in [-0.39, 0.29) is 12.0 Å². The van der Waals surface area contributed by atoms with Crippen LogP contribution in [0.4, 0.5) is 0 Å². The van der Waals surface area contributed by atoms with Gasteiger partial charge in [0.2, 0.25) is 0 Å². The third-order valence-corrected chi connectivity index (χ3v) is 3.85. The molecular weight excluding hydrogens is 264 g/mol. The molecule has 2 aromatic rings. The first-order valence-corrected chi connectivity index (χ1v) is 6.61. The predicted octanol–water partition coefficient (Wildman–Crippen LogP) is 1.60. The van der Waals surface area contributed by atoms with Gasteiger partial charge in [-0.05, 0) is 25.5 Å². The number of pyridine rings is 1. The van der Waals surface area contributed by atoms with E-state index in [2.05, 4.69) is 4.98 Å². The number of carbonyl (C=O) groups is 1. The molecular formula is C13H14N2O3S. The molecule has 0 unspecified atom stereocenters. The summed E-state index contributed by atoms with van der Waals surface area (Å²) in [5.41, 5.74) is 1.57. The van der Waals surface area contributed by atoms with Crippen LogP contribution in [0.5, 0.6) is 0 Å². The fourth-order valence-corrected chi connectivity index (χ4v) is 2.80. The lowest BCUT2D eigenvalue weighted by molar-refractivity contribution is -0.136. The van der Waals surface area contributed by atoms with Crippen molar-refractivity contribution in [2.75, 3.05) is 0 Å². The first kappa shape index (κ1) is 13.5. The summed E-state index contributed by atoms with van der Waals surface area (Å²) in [5.74, 6) is -0.870. The number of aliphatic carboxylic acids is 1. The lowest BCUT2D eigenvalue weighted by Gasteiger charge is -2.02. The number of aryl methyl sites for hydroxylation is 2. The van der Waals surface area contributed by atoms with Gasteiger partial charge in [0.15, 0.2) is 0 Å². The Balaban J connectivity index is 2.24. The smallest absolute Gasteiger partial charge is 0.308 e. The lowest BCUT2D eigenvalue weighted by atomic mass is 10.3. The van der Waals surface area contributed by atoms with E-state index < -0.39 is 5.97 Å². The van der Waals surface area contributed by atoms with Crippen molar-refractivity contribution in [3.63, 3.8) is 0 Å². The van der Waals surface area contributed by atoms with E-state index >= 15 is 0 Å². The van der Waals surface area contributed by atoms with Gasteiger partial charge in [-0.2, -0.15) is 0 Å². The van der Waals surface area contributed by atoms with Gasteiger partial charge in [0, 0.05) is 17.1 Å². The summed E-state index contributed by atoms with van der Waals surface area (Å²) >= 11 is 1.34. The summed E-state index contributed by atoms with van der Waals surface area (Å²) in [5, 5.41) is 9.54. The first-order valence-electron chi connectivity index (χ1n) is 5.80. The van der Waals surface area contributed by atoms with Crippen molar-refractivity contribution in [2.45, 2.75) is 26.8 Å². The minimum Gasteiger partial charge on any atom is -0.481 e. The molecule has 0 bridgehead atoms. The third kappa shape index (κ3) is 3.29. The number of rotatable bonds is 4. The van der Waals surface area contributed by atoms with Gasteiger partial charge in [0.05, 0.1) is 18.7 Å². The number of carboxylic acid groups (broad SMARTS) is 1. The molecule has 0 aliphatic heterocycles. The van der Waals surface area contributed by atoms with Crippen LogP contribution in [0.2, 0.25) is 0 Å². The van der Waals surface area contributed by atoms with Gasteiger partial charge < -0.3 is 9.67 Å². The normalized spacial score (nSPS) is 10.6. The van der Waals surface area contributed by atoms with Crippen LogP contribution in [0.25, 0.3) is 0 Å². The highest BCUT2D eigenvalue weighted by atomic mass is 32.1. The SMILES string of the molecule is Cc1ccn(Cc2nc(C)c(CC(=O)O)s2)c(=O)c1. The zero-order valence-electron chi connectivity index (χ0n) is 10.7. The lowest BCUT2D eigenvalue weighted by Crippen LogP contribution is -2.19. The van der Waals surface area contributed by atoms with Gasteiger partial charge in [-0.1, -0.05) is 0 Å². The molecule has 0 amide bonds. The Hall–Kier alpha value is -1.95. The van der Waals surface area contributed by atoms with Crippen molar-refractivity contribution in [1.29, 1.82) is 0 Å². The molecule has 0 aliphatic carbocycles. The molecule has 0 atom stereocenters. The maximum absolute atomic E-state index is 11.8. The van der Waals surface area contributed by atoms with Gasteiger partial charge >= 0.3 is 5.97 Å². The minimum atomic E-state index is -0.870. The molecule has 100 valence electrons. The van der Waals surface area contributed by atoms with E-state index in [0.29, 0.717) is 6.54 Å². The molecule has 1 N–H and O–H groups in total. The summed E-state index contributed by atoms with van der Waals surface area (Å²) in [6.07, 6.45) is 1.71. The Morgan fingerprint density at radius 1 is 1.47 bits per heavy atom. The molecule has 0 aromatic carbocycles. The fourth-order valence-electron chi connectivity index (χ4n) is 1.74. The maximum Gasteiger partial charge on any atom is 0.308 e. The zero-order valence-corrected chi connectivity index (χ0v) is 11.5. The van der Waals surface area contributed by atoms with Gasteiger partial charge in [-0.3, -0.25) is 9.59 Å². The van der Waals surface area contributed by atoms with E-state index in [9.17, 15) is 9.59 Å². The molecule has 2 heterocycles. The highest BCUT2D eigenvalue weighted by molar-refractivity contribution is 7.11. The van der Waals surface area contributed by atoms with Crippen LogP contribution in [0.15, 0.2) is 23.1 Å². The Morgan fingerprint density at radius 3 is 2.84 bits per heavy atom. The van der Waals surface area contributed by atoms with Gasteiger partial charge in [-0.25, -0.2) is 4.98 Å². The van der Waals surface area contributed by atoms with Gasteiger partial charge in [-0.15, -0.1) is 11.3 Å². The standard InChI is InChI=1S/C13H14N2O3S/c1-8-3-4-15(12(16)5-8)7-11-14-9(2)10(19-11)6-13(17)18/h3-5H,6-7H2,1-2H3,(H,17,18). The summed E-state index contributed by atoms with van der Waals surface area (Å²) in [7, 11) is 0. The number of thiazole rings is 1. The van der Waals surface area contributed by atoms with Crippen LogP contribution < -0.4 is 5.56 Å². The molecule has 5 nitrogen and oxygen atoms in total. The summed E-state index contributed by atoms with van der Waals surface area (Å²) in [6, 6.07) is 3.43. The third-order valence-electron chi connectivity index (χ3n) is 2.71. The van der Waals surface area contributed by atoms with Crippen LogP contribution >= 0.6 is 11.3 Å². The summed E-state index contributed by atoms with van der Waals surface area (Å²) < 4.78 is 1.57. The second kappa shape index (κ2) is 5.36. The molecule has 0 fully saturated rings. The summed E-state index contributed by atoms with van der Waals surface area (Å²) in [6.45, 7) is 4.03. The monoisotopic (exact) mass is 278 g/mol. The van der Waals surface area contributed by atoms with Crippen LogP contribution in [0.3, 0.4) is 0 Å². The summed E-state index contributed by atoms with van der Waals surface area (Å²) in [4.78, 5) is 27.5. The first-order chi connectivity index (χ1) is 8.95. The van der Waals surface area contributed by atoms with Gasteiger partial charge in [0.1, 0.15) is 5.01 Å². The number of hydrogen-bond donors (Lipinski definition) is 1. The minimum absolute atomic E-state index is 0.0215. The van der Waals surface area contributed by atoms with E-state index in [4.69, 9.17) is 5.11 Å². The predicted molar refractivity (Wildman–Crippen MR) is 72.7 cm³/mol. The largest absolute Gasteiger partial charge is 0.481 e. The highest BCUT2D eigenvalue weighted by Crippen LogP contribution is 2.19. The Morgan fingerprint density at radius 2 is 2.21 bits per heavy atom. The molecule has 6 heteroatoms. The maximum atomic E-state index is 11.8. The average molecular weight is 278 g/mol. The highest BCUT2D eigenvalue weighted by Gasteiger charge is 2.11. The quantitative estimate of drug-likeness (QED) is 0.922. The van der Waals surface area contributed by atoms with Crippen molar-refractivity contribution < 1.29 is 9.90 Å². The van der Waals surface area contributed by atoms with Crippen molar-refractivity contribution in [3.05, 3.63) is 49.8 Å². The Bertz CT molecular complexity index is 673. The number of hydrogen-bond acceptors (Lipinski definition) is 4. The Labute approximate surface area is 114 Å². The number of aromatic nitrogens is 2. The van der Waals surface area contributed by atoms with Crippen molar-refractivity contribution in [1.82, 2.24) is 9.55 Å². The van der Waals surface area contributed by atoms with Crippen LogP contribution in [0, 0.1) is 13.8 Å². The molecule has 0 aliphatic rings. The topological polar surface area (TPSA) is 72.2 Å². The van der Waals surface area contributed by atoms with Crippen molar-refractivity contribution in [3.8, 4) is 0 Å². The van der Waals surface area contributed by atoms with E-state index in [1.807, 2.05) is 13.0 Å². The van der Waals surface area contributed by atoms with Crippen LogP contribution in [-0.4, -0.2) is 20.6 Å². The van der Waals surface area contributed by atoms with Crippen molar-refractivity contribution >= 4 is 17.3 Å². The molecule has 19 heavy (non-hydrogen) atoms. The second-order valence-electron chi connectivity index (χ2n) is 4.36. The van der Waals surface area contributed by atoms with Gasteiger partial charge in [0.25, 0.3) is 5.56 Å². The molecule has 0 saturated heterocycles. The van der Waals surface area contributed by atoms with Crippen LogP contribution in [0.1, 0.15) is 21.1 Å². The molecule has 0 spiro atoms. The van der Waals surface area contributed by atoms with E-state index in [1.165, 1.54) is 11.3 Å². The second-order valence-corrected chi connectivity index (χ2v) is 5.53. The molecule has 2 rings (SSSR count). The molecule has 0 saturated carbocycles. The molecule has 2 aromatic heterocycles. The zero-order chi connectivity index (χ0) is 14.0. The molecule has 0 radical (unpaired) electrons. The van der Waals surface area contributed by atoms with E-state index in [1.54, 1.807) is 23.8 Å². The van der Waals surface area contributed by atoms with E-state index in [0.717, 1.165) is 21.1 Å². The Kier molecular flexibility index (Phi) is 3.80. The number of nitrogens with zero attached hydrogens (tertiary/aromatic N) is 2. The van der Waals surface area contributed by atoms with Crippen molar-refractivity contribution in [2.24, 2.45) is 0 Å². The number of carboxylic acids is 1. The fraction of sp³-hybridized carbons (Fsp3) is 0.308. The van der Waals surface area contributed by atoms with Crippen LogP contribution in [-0.2, 0) is 17.8 Å².